The molecule has 0 fully saturated rings. The minimum Gasteiger partial charge on any atom is -0.462 e. The van der Waals surface area contributed by atoms with Crippen LogP contribution in [0.5, 0.6) is 23.0 Å². The molecule has 0 aromatic heterocycles. The fourth-order valence-corrected chi connectivity index (χ4v) is 7.86. The summed E-state index contributed by atoms with van der Waals surface area (Å²) in [5.41, 5.74) is 0. The molecular formula is C26H26Br4O12S. The van der Waals surface area contributed by atoms with E-state index in [0.717, 1.165) is 12.1 Å². The first-order valence-electron chi connectivity index (χ1n) is 12.1. The van der Waals surface area contributed by atoms with Gasteiger partial charge in [-0.25, -0.2) is 18.0 Å². The Morgan fingerprint density at radius 3 is 1.42 bits per heavy atom. The SMILES string of the molecule is C=CCOC(=O)Oc1c(Br)cc(S(=O)(=O)c2cc(Br)c(OC(=O)OCC=C)c(Br)c2OC(O)CC)c(OC(O)CC)c1Br. The number of ether oxygens (including phenoxy) is 6. The van der Waals surface area contributed by atoms with Gasteiger partial charge >= 0.3 is 12.3 Å². The van der Waals surface area contributed by atoms with Gasteiger partial charge in [-0.3, -0.25) is 0 Å². The van der Waals surface area contributed by atoms with Gasteiger partial charge in [0.05, 0.1) is 8.95 Å². The van der Waals surface area contributed by atoms with Gasteiger partial charge in [-0.15, -0.1) is 0 Å². The highest BCUT2D eigenvalue weighted by molar-refractivity contribution is 9.11. The number of halogens is 4. The molecule has 0 saturated carbocycles. The predicted molar refractivity (Wildman–Crippen MR) is 167 cm³/mol. The van der Waals surface area contributed by atoms with Gasteiger partial charge in [0.15, 0.2) is 35.6 Å². The maximum Gasteiger partial charge on any atom is 0.514 e. The van der Waals surface area contributed by atoms with Crippen LogP contribution in [-0.2, 0) is 19.3 Å². The van der Waals surface area contributed by atoms with Crippen molar-refractivity contribution in [3.63, 3.8) is 0 Å². The number of sulfone groups is 1. The maximum absolute atomic E-state index is 14.3. The number of carbonyl (C=O) groups excluding carboxylic acids is 2. The average molecular weight is 882 g/mol. The first kappa shape index (κ1) is 37.0. The molecule has 0 saturated heterocycles. The van der Waals surface area contributed by atoms with Crippen LogP contribution in [0.25, 0.3) is 0 Å². The van der Waals surface area contributed by atoms with Gasteiger partial charge in [-0.2, -0.15) is 0 Å². The lowest BCUT2D eigenvalue weighted by atomic mass is 10.3. The van der Waals surface area contributed by atoms with Gasteiger partial charge in [0.2, 0.25) is 9.84 Å². The van der Waals surface area contributed by atoms with Crippen molar-refractivity contribution >= 4 is 85.9 Å². The van der Waals surface area contributed by atoms with E-state index in [9.17, 15) is 28.2 Å². The normalized spacial score (nSPS) is 12.5. The molecule has 12 nitrogen and oxygen atoms in total. The van der Waals surface area contributed by atoms with Crippen molar-refractivity contribution in [1.82, 2.24) is 0 Å². The highest BCUT2D eigenvalue weighted by Crippen LogP contribution is 2.51. The molecule has 2 aromatic rings. The highest BCUT2D eigenvalue weighted by atomic mass is 79.9. The predicted octanol–water partition coefficient (Wildman–Crippen LogP) is 7.19. The summed E-state index contributed by atoms with van der Waals surface area (Å²) in [5.74, 6) is -1.28. The van der Waals surface area contributed by atoms with Gasteiger partial charge in [-0.05, 0) is 75.9 Å². The van der Waals surface area contributed by atoms with Gasteiger partial charge in [0, 0.05) is 12.8 Å². The number of benzene rings is 2. The van der Waals surface area contributed by atoms with E-state index in [1.165, 1.54) is 12.2 Å². The summed E-state index contributed by atoms with van der Waals surface area (Å²) in [7, 11) is -4.68. The smallest absolute Gasteiger partial charge is 0.462 e. The van der Waals surface area contributed by atoms with Crippen LogP contribution in [-0.4, -0.2) is 56.7 Å². The van der Waals surface area contributed by atoms with Crippen molar-refractivity contribution in [3.8, 4) is 23.0 Å². The zero-order valence-electron chi connectivity index (χ0n) is 22.6. The number of rotatable bonds is 14. The molecule has 0 aliphatic rings. The van der Waals surface area contributed by atoms with Crippen molar-refractivity contribution in [2.75, 3.05) is 13.2 Å². The quantitative estimate of drug-likeness (QED) is 0.0852. The van der Waals surface area contributed by atoms with E-state index in [4.69, 9.17) is 28.4 Å². The lowest BCUT2D eigenvalue weighted by molar-refractivity contribution is -0.0218. The van der Waals surface area contributed by atoms with E-state index in [0.29, 0.717) is 0 Å². The summed E-state index contributed by atoms with van der Waals surface area (Å²) >= 11 is 12.8. The van der Waals surface area contributed by atoms with Crippen LogP contribution in [0, 0.1) is 0 Å². The van der Waals surface area contributed by atoms with E-state index < -0.39 is 56.0 Å². The molecule has 0 amide bonds. The number of hydrogen-bond acceptors (Lipinski definition) is 12. The van der Waals surface area contributed by atoms with E-state index >= 15 is 0 Å². The van der Waals surface area contributed by atoms with Crippen molar-refractivity contribution in [1.29, 1.82) is 0 Å². The Balaban J connectivity index is 2.85. The molecule has 0 heterocycles. The van der Waals surface area contributed by atoms with Crippen LogP contribution >= 0.6 is 63.7 Å². The molecule has 0 radical (unpaired) electrons. The van der Waals surface area contributed by atoms with Crippen LogP contribution in [0.1, 0.15) is 26.7 Å². The van der Waals surface area contributed by atoms with E-state index in [2.05, 4.69) is 76.9 Å². The third-order valence-corrected chi connectivity index (χ3v) is 9.37. The molecule has 0 spiro atoms. The van der Waals surface area contributed by atoms with Crippen LogP contribution < -0.4 is 18.9 Å². The van der Waals surface area contributed by atoms with E-state index in [-0.39, 0.29) is 55.4 Å². The Bertz CT molecular complexity index is 1380. The van der Waals surface area contributed by atoms with E-state index in [1.807, 2.05) is 0 Å². The third-order valence-electron chi connectivity index (χ3n) is 4.99. The maximum atomic E-state index is 14.3. The van der Waals surface area contributed by atoms with Crippen molar-refractivity contribution in [3.05, 3.63) is 55.3 Å². The van der Waals surface area contributed by atoms with Crippen molar-refractivity contribution in [2.24, 2.45) is 0 Å². The first-order valence-corrected chi connectivity index (χ1v) is 16.8. The Labute approximate surface area is 281 Å². The van der Waals surface area contributed by atoms with Crippen LogP contribution in [0.15, 0.2) is 65.1 Å². The topological polar surface area (TPSA) is 164 Å². The molecule has 0 aliphatic heterocycles. The fraction of sp³-hybridized carbons (Fsp3) is 0.308. The Hall–Kier alpha value is -2.15. The largest absolute Gasteiger partial charge is 0.514 e. The number of carbonyl (C=O) groups is 2. The van der Waals surface area contributed by atoms with Crippen LogP contribution in [0.3, 0.4) is 0 Å². The van der Waals surface area contributed by atoms with Gasteiger partial charge in [0.1, 0.15) is 32.0 Å². The van der Waals surface area contributed by atoms with E-state index in [1.54, 1.807) is 13.8 Å². The minimum atomic E-state index is -4.68. The summed E-state index contributed by atoms with van der Waals surface area (Å²) in [4.78, 5) is 23.3. The van der Waals surface area contributed by atoms with Gasteiger partial charge in [-0.1, -0.05) is 39.2 Å². The third kappa shape index (κ3) is 9.42. The summed E-state index contributed by atoms with van der Waals surface area (Å²) < 4.78 is 59.4. The summed E-state index contributed by atoms with van der Waals surface area (Å²) in [5, 5.41) is 20.6. The van der Waals surface area contributed by atoms with Crippen LogP contribution in [0.2, 0.25) is 0 Å². The number of aliphatic hydroxyl groups excluding tert-OH is 2. The lowest BCUT2D eigenvalue weighted by Crippen LogP contribution is -2.20. The lowest BCUT2D eigenvalue weighted by Gasteiger charge is -2.22. The minimum absolute atomic E-state index is 0.0223. The molecule has 236 valence electrons. The first-order chi connectivity index (χ1) is 20.2. The monoisotopic (exact) mass is 878 g/mol. The second kappa shape index (κ2) is 16.8. The molecule has 2 aromatic carbocycles. The molecule has 2 N–H and O–H groups in total. The molecular weight excluding hydrogens is 856 g/mol. The Morgan fingerprint density at radius 1 is 0.767 bits per heavy atom. The van der Waals surface area contributed by atoms with Crippen LogP contribution in [0.4, 0.5) is 9.59 Å². The number of aliphatic hydroxyl groups is 2. The summed E-state index contributed by atoms with van der Waals surface area (Å²) in [6, 6.07) is 2.15. The Morgan fingerprint density at radius 2 is 1.12 bits per heavy atom. The van der Waals surface area contributed by atoms with Crippen molar-refractivity contribution < 1.29 is 56.6 Å². The second-order valence-corrected chi connectivity index (χ2v) is 13.2. The highest BCUT2D eigenvalue weighted by Gasteiger charge is 2.35. The van der Waals surface area contributed by atoms with Crippen molar-refractivity contribution in [2.45, 2.75) is 49.1 Å². The molecule has 2 unspecified atom stereocenters. The average Bonchev–Trinajstić information content (AvgIpc) is 2.97. The second-order valence-electron chi connectivity index (χ2n) is 8.03. The molecule has 0 bridgehead atoms. The summed E-state index contributed by atoms with van der Waals surface area (Å²) in [6.45, 7) is 9.74. The Kier molecular flexibility index (Phi) is 14.5. The molecule has 2 rings (SSSR count). The molecule has 43 heavy (non-hydrogen) atoms. The molecule has 17 heteroatoms. The fourth-order valence-electron chi connectivity index (χ4n) is 2.97. The number of hydrogen-bond donors (Lipinski definition) is 2. The van der Waals surface area contributed by atoms with Gasteiger partial charge in [0.25, 0.3) is 0 Å². The van der Waals surface area contributed by atoms with Gasteiger partial charge < -0.3 is 38.6 Å². The zero-order chi connectivity index (χ0) is 32.5. The summed E-state index contributed by atoms with van der Waals surface area (Å²) in [6.07, 6.45) is -2.45. The molecule has 0 aliphatic carbocycles. The zero-order valence-corrected chi connectivity index (χ0v) is 29.8. The standard InChI is InChI=1S/C26H26Br4O12S/c1-5-9-37-25(33)41-21-13(27)11-15(23(19(21)29)39-17(31)7-3)43(35,36)16-12-14(28)22(42-26(34)38-10-6-2)20(30)24(16)40-18(32)8-4/h5-6,11-12,17-18,31-32H,1-2,7-10H2,3-4H3. The molecule has 2 atom stereocenters.